The van der Waals surface area contributed by atoms with Gasteiger partial charge in [0, 0.05) is 0 Å². The Labute approximate surface area is 100 Å². The van der Waals surface area contributed by atoms with E-state index in [1.54, 1.807) is 11.8 Å². The van der Waals surface area contributed by atoms with Gasteiger partial charge in [-0.2, -0.15) is 11.8 Å². The van der Waals surface area contributed by atoms with Crippen molar-refractivity contribution >= 4 is 23.6 Å². The number of rotatable bonds is 8. The number of thioether (sulfide) groups is 1. The Bertz CT molecular complexity index is 236. The summed E-state index contributed by atoms with van der Waals surface area (Å²) in [4.78, 5) is 22.3. The summed E-state index contributed by atoms with van der Waals surface area (Å²) in [7, 11) is 0. The SMILES string of the molecule is CCCC(NC(=O)[C@H](N)CCSC)C(=O)O. The summed E-state index contributed by atoms with van der Waals surface area (Å²) in [5.41, 5.74) is 5.63. The minimum absolute atomic E-state index is 0.380. The molecular weight excluding hydrogens is 228 g/mol. The van der Waals surface area contributed by atoms with Crippen molar-refractivity contribution in [3.05, 3.63) is 0 Å². The van der Waals surface area contributed by atoms with Gasteiger partial charge in [-0.05, 0) is 24.9 Å². The molecule has 1 unspecified atom stereocenters. The van der Waals surface area contributed by atoms with Gasteiger partial charge < -0.3 is 16.2 Å². The molecule has 0 aromatic carbocycles. The van der Waals surface area contributed by atoms with Crippen LogP contribution in [0.5, 0.6) is 0 Å². The third-order valence-electron chi connectivity index (χ3n) is 2.16. The van der Waals surface area contributed by atoms with Crippen molar-refractivity contribution < 1.29 is 14.7 Å². The van der Waals surface area contributed by atoms with Crippen LogP contribution in [0.3, 0.4) is 0 Å². The highest BCUT2D eigenvalue weighted by molar-refractivity contribution is 7.98. The molecule has 0 rings (SSSR count). The van der Waals surface area contributed by atoms with Crippen molar-refractivity contribution in [1.82, 2.24) is 5.32 Å². The van der Waals surface area contributed by atoms with Crippen LogP contribution < -0.4 is 11.1 Å². The Morgan fingerprint density at radius 3 is 2.50 bits per heavy atom. The van der Waals surface area contributed by atoms with Crippen LogP contribution in [-0.2, 0) is 9.59 Å². The van der Waals surface area contributed by atoms with Crippen LogP contribution in [-0.4, -0.2) is 41.1 Å². The van der Waals surface area contributed by atoms with E-state index in [4.69, 9.17) is 10.8 Å². The summed E-state index contributed by atoms with van der Waals surface area (Å²) in [6, 6.07) is -1.44. The summed E-state index contributed by atoms with van der Waals surface area (Å²) in [6.07, 6.45) is 3.63. The fraction of sp³-hybridized carbons (Fsp3) is 0.800. The minimum Gasteiger partial charge on any atom is -0.480 e. The van der Waals surface area contributed by atoms with Gasteiger partial charge >= 0.3 is 5.97 Å². The van der Waals surface area contributed by atoms with E-state index in [2.05, 4.69) is 5.32 Å². The molecule has 16 heavy (non-hydrogen) atoms. The third-order valence-corrected chi connectivity index (χ3v) is 2.81. The van der Waals surface area contributed by atoms with Crippen LogP contribution in [0.1, 0.15) is 26.2 Å². The van der Waals surface area contributed by atoms with Crippen molar-refractivity contribution in [2.45, 2.75) is 38.3 Å². The molecule has 6 heteroatoms. The van der Waals surface area contributed by atoms with Crippen molar-refractivity contribution in [3.63, 3.8) is 0 Å². The topological polar surface area (TPSA) is 92.4 Å². The highest BCUT2D eigenvalue weighted by Crippen LogP contribution is 2.01. The molecule has 0 aromatic rings. The van der Waals surface area contributed by atoms with E-state index >= 15 is 0 Å². The van der Waals surface area contributed by atoms with Crippen LogP contribution in [0.15, 0.2) is 0 Å². The van der Waals surface area contributed by atoms with E-state index in [1.165, 1.54) is 0 Å². The lowest BCUT2D eigenvalue weighted by Gasteiger charge is -2.16. The molecule has 0 aromatic heterocycles. The number of carbonyl (C=O) groups is 2. The van der Waals surface area contributed by atoms with Gasteiger partial charge in [-0.1, -0.05) is 13.3 Å². The molecule has 0 aliphatic heterocycles. The predicted octanol–water partition coefficient (Wildman–Crippen LogP) is 0.436. The summed E-state index contributed by atoms with van der Waals surface area (Å²) in [6.45, 7) is 1.87. The Kier molecular flexibility index (Phi) is 8.01. The van der Waals surface area contributed by atoms with Crippen molar-refractivity contribution in [1.29, 1.82) is 0 Å². The maximum absolute atomic E-state index is 11.5. The maximum Gasteiger partial charge on any atom is 0.326 e. The van der Waals surface area contributed by atoms with E-state index in [0.717, 1.165) is 5.75 Å². The first kappa shape index (κ1) is 15.2. The number of carboxylic acid groups (broad SMARTS) is 1. The number of nitrogens with one attached hydrogen (secondary N) is 1. The molecule has 2 atom stereocenters. The molecule has 0 fully saturated rings. The second-order valence-corrected chi connectivity index (χ2v) is 4.56. The molecule has 0 saturated carbocycles. The summed E-state index contributed by atoms with van der Waals surface area (Å²) in [5.74, 6) is -0.595. The van der Waals surface area contributed by atoms with Gasteiger partial charge in [0.05, 0.1) is 6.04 Å². The molecule has 0 bridgehead atoms. The number of nitrogens with two attached hydrogens (primary N) is 1. The first-order valence-electron chi connectivity index (χ1n) is 5.30. The van der Waals surface area contributed by atoms with Crippen LogP contribution in [0.2, 0.25) is 0 Å². The monoisotopic (exact) mass is 248 g/mol. The Hall–Kier alpha value is -0.750. The molecule has 0 radical (unpaired) electrons. The summed E-state index contributed by atoms with van der Waals surface area (Å²) in [5, 5.41) is 11.3. The second kappa shape index (κ2) is 8.41. The number of aliphatic carboxylic acids is 1. The molecule has 5 nitrogen and oxygen atoms in total. The Morgan fingerprint density at radius 2 is 2.06 bits per heavy atom. The first-order chi connectivity index (χ1) is 7.52. The fourth-order valence-corrected chi connectivity index (χ4v) is 1.69. The molecule has 0 spiro atoms. The van der Waals surface area contributed by atoms with Gasteiger partial charge in [0.1, 0.15) is 6.04 Å². The van der Waals surface area contributed by atoms with E-state index in [1.807, 2.05) is 13.2 Å². The van der Waals surface area contributed by atoms with Crippen LogP contribution in [0.4, 0.5) is 0 Å². The number of carbonyl (C=O) groups excluding carboxylic acids is 1. The van der Waals surface area contributed by atoms with Gasteiger partial charge in [-0.15, -0.1) is 0 Å². The molecule has 1 amide bonds. The van der Waals surface area contributed by atoms with Gasteiger partial charge in [0.15, 0.2) is 0 Å². The average molecular weight is 248 g/mol. The summed E-state index contributed by atoms with van der Waals surface area (Å²) < 4.78 is 0. The van der Waals surface area contributed by atoms with Crippen LogP contribution in [0, 0.1) is 0 Å². The lowest BCUT2D eigenvalue weighted by atomic mass is 10.1. The second-order valence-electron chi connectivity index (χ2n) is 3.58. The zero-order valence-electron chi connectivity index (χ0n) is 9.73. The first-order valence-corrected chi connectivity index (χ1v) is 6.70. The molecule has 0 heterocycles. The molecule has 0 aliphatic rings. The van der Waals surface area contributed by atoms with Gasteiger partial charge in [-0.3, -0.25) is 4.79 Å². The Balaban J connectivity index is 4.12. The number of hydrogen-bond acceptors (Lipinski definition) is 4. The van der Waals surface area contributed by atoms with E-state index < -0.39 is 18.1 Å². The fourth-order valence-electron chi connectivity index (χ4n) is 1.20. The van der Waals surface area contributed by atoms with Crippen molar-refractivity contribution in [2.75, 3.05) is 12.0 Å². The predicted molar refractivity (Wildman–Crippen MR) is 65.4 cm³/mol. The molecular formula is C10H20N2O3S. The number of carboxylic acids is 1. The Morgan fingerprint density at radius 1 is 1.44 bits per heavy atom. The standard InChI is InChI=1S/C10H20N2O3S/c1-3-4-8(10(14)15)12-9(13)7(11)5-6-16-2/h7-8H,3-6,11H2,1-2H3,(H,12,13)(H,14,15)/t7-,8?/m1/s1. The number of hydrogen-bond donors (Lipinski definition) is 3. The highest BCUT2D eigenvalue weighted by Gasteiger charge is 2.21. The van der Waals surface area contributed by atoms with E-state index in [0.29, 0.717) is 19.3 Å². The zero-order chi connectivity index (χ0) is 12.6. The largest absolute Gasteiger partial charge is 0.480 e. The molecule has 0 saturated heterocycles. The smallest absolute Gasteiger partial charge is 0.326 e. The van der Waals surface area contributed by atoms with Crippen LogP contribution >= 0.6 is 11.8 Å². The summed E-state index contributed by atoms with van der Waals surface area (Å²) >= 11 is 1.61. The third kappa shape index (κ3) is 5.97. The lowest BCUT2D eigenvalue weighted by molar-refractivity contribution is -0.142. The van der Waals surface area contributed by atoms with Crippen molar-refractivity contribution in [3.8, 4) is 0 Å². The quantitative estimate of drug-likeness (QED) is 0.579. The lowest BCUT2D eigenvalue weighted by Crippen LogP contribution is -2.48. The average Bonchev–Trinajstić information content (AvgIpc) is 2.24. The van der Waals surface area contributed by atoms with Crippen molar-refractivity contribution in [2.24, 2.45) is 5.73 Å². The minimum atomic E-state index is -1.01. The molecule has 0 aliphatic carbocycles. The number of amides is 1. The molecule has 94 valence electrons. The van der Waals surface area contributed by atoms with Crippen LogP contribution in [0.25, 0.3) is 0 Å². The maximum atomic E-state index is 11.5. The highest BCUT2D eigenvalue weighted by atomic mass is 32.2. The van der Waals surface area contributed by atoms with Gasteiger partial charge in [0.25, 0.3) is 0 Å². The van der Waals surface area contributed by atoms with Gasteiger partial charge in [0.2, 0.25) is 5.91 Å². The van der Waals surface area contributed by atoms with E-state index in [9.17, 15) is 9.59 Å². The normalized spacial score (nSPS) is 14.2. The van der Waals surface area contributed by atoms with Gasteiger partial charge in [-0.25, -0.2) is 4.79 Å². The van der Waals surface area contributed by atoms with E-state index in [-0.39, 0.29) is 5.91 Å². The zero-order valence-corrected chi connectivity index (χ0v) is 10.5. The molecule has 4 N–H and O–H groups in total.